The van der Waals surface area contributed by atoms with Crippen LogP contribution in [0.1, 0.15) is 15.9 Å². The zero-order valence-electron chi connectivity index (χ0n) is 15.5. The Morgan fingerprint density at radius 2 is 1.79 bits per heavy atom. The van der Waals surface area contributed by atoms with E-state index in [-0.39, 0.29) is 18.3 Å². The average Bonchev–Trinajstić information content (AvgIpc) is 3.12. The van der Waals surface area contributed by atoms with Crippen LogP contribution in [-0.4, -0.2) is 18.1 Å². The van der Waals surface area contributed by atoms with Gasteiger partial charge in [0.1, 0.15) is 17.2 Å². The molecule has 0 saturated heterocycles. The highest BCUT2D eigenvalue weighted by Gasteiger charge is 2.22. The van der Waals surface area contributed by atoms with Crippen molar-refractivity contribution in [2.24, 2.45) is 0 Å². The van der Waals surface area contributed by atoms with Crippen molar-refractivity contribution in [2.45, 2.75) is 6.61 Å². The molecule has 1 amide bonds. The van der Waals surface area contributed by atoms with Gasteiger partial charge in [-0.25, -0.2) is 4.39 Å². The molecule has 0 atom stereocenters. The van der Waals surface area contributed by atoms with Crippen molar-refractivity contribution in [1.29, 1.82) is 0 Å². The number of furan rings is 1. The first-order valence-corrected chi connectivity index (χ1v) is 9.34. The zero-order valence-corrected chi connectivity index (χ0v) is 16.3. The van der Waals surface area contributed by atoms with E-state index in [0.717, 1.165) is 16.7 Å². The summed E-state index contributed by atoms with van der Waals surface area (Å²) in [5.74, 6) is -0.311. The minimum atomic E-state index is -0.368. The van der Waals surface area contributed by atoms with E-state index in [9.17, 15) is 14.3 Å². The van der Waals surface area contributed by atoms with Crippen LogP contribution in [0.3, 0.4) is 0 Å². The fraction of sp³-hybridized carbons (Fsp3) is 0.0870. The molecular weight excluding hydrogens is 393 g/mol. The summed E-state index contributed by atoms with van der Waals surface area (Å²) in [5.41, 5.74) is 3.76. The molecule has 0 fully saturated rings. The number of hydrogen-bond donors (Lipinski definition) is 2. The summed E-state index contributed by atoms with van der Waals surface area (Å²) >= 11 is 6.36. The summed E-state index contributed by atoms with van der Waals surface area (Å²) in [4.78, 5) is 12.7. The Morgan fingerprint density at radius 3 is 2.48 bits per heavy atom. The Hall–Kier alpha value is -3.15. The van der Waals surface area contributed by atoms with Gasteiger partial charge in [-0.15, -0.1) is 0 Å². The van der Waals surface area contributed by atoms with Gasteiger partial charge >= 0.3 is 0 Å². The van der Waals surface area contributed by atoms with Gasteiger partial charge in [0.2, 0.25) is 0 Å². The van der Waals surface area contributed by atoms with Crippen LogP contribution in [0.4, 0.5) is 4.39 Å². The first-order chi connectivity index (χ1) is 14.0. The number of amides is 1. The van der Waals surface area contributed by atoms with E-state index in [1.807, 2.05) is 18.2 Å². The third-order valence-electron chi connectivity index (χ3n) is 4.77. The van der Waals surface area contributed by atoms with Gasteiger partial charge in [0.25, 0.3) is 5.91 Å². The van der Waals surface area contributed by atoms with E-state index < -0.39 is 0 Å². The normalized spacial score (nSPS) is 11.0. The molecule has 0 spiro atoms. The lowest BCUT2D eigenvalue weighted by Gasteiger charge is -2.07. The molecule has 0 unspecified atom stereocenters. The maximum Gasteiger partial charge on any atom is 0.255 e. The maximum absolute atomic E-state index is 13.3. The Kier molecular flexibility index (Phi) is 5.09. The first kappa shape index (κ1) is 19.2. The number of rotatable bonds is 4. The van der Waals surface area contributed by atoms with Crippen LogP contribution in [0.2, 0.25) is 5.02 Å². The van der Waals surface area contributed by atoms with Gasteiger partial charge in [0.15, 0.2) is 0 Å². The number of halogens is 2. The van der Waals surface area contributed by atoms with E-state index in [0.29, 0.717) is 32.9 Å². The van der Waals surface area contributed by atoms with Crippen LogP contribution in [0, 0.1) is 5.82 Å². The Morgan fingerprint density at radius 1 is 1.07 bits per heavy atom. The van der Waals surface area contributed by atoms with Gasteiger partial charge in [-0.1, -0.05) is 23.7 Å². The highest BCUT2D eigenvalue weighted by Crippen LogP contribution is 2.37. The largest absolute Gasteiger partial charge is 0.455 e. The van der Waals surface area contributed by atoms with Gasteiger partial charge in [-0.3, -0.25) is 4.79 Å². The van der Waals surface area contributed by atoms with Gasteiger partial charge in [0.05, 0.1) is 12.2 Å². The third kappa shape index (κ3) is 3.50. The summed E-state index contributed by atoms with van der Waals surface area (Å²) in [5, 5.41) is 13.2. The van der Waals surface area contributed by atoms with Crippen LogP contribution in [0.25, 0.3) is 33.4 Å². The van der Waals surface area contributed by atoms with Crippen LogP contribution in [0.5, 0.6) is 0 Å². The Balaban J connectivity index is 1.95. The number of nitrogens with one attached hydrogen (secondary N) is 1. The van der Waals surface area contributed by atoms with Crippen molar-refractivity contribution in [3.8, 4) is 22.5 Å². The minimum Gasteiger partial charge on any atom is -0.455 e. The summed E-state index contributed by atoms with van der Waals surface area (Å²) in [6.45, 7) is -0.101. The minimum absolute atomic E-state index is 0.101. The standard InChI is InChI=1S/C23H17ClFNO3/c1-26-23(28)21-18-11-15(17-10-13(12-27)2-8-19(17)24)5-9-20(18)29-22(21)14-3-6-16(25)7-4-14/h2-11,27H,12H2,1H3,(H,26,28). The van der Waals surface area contributed by atoms with Crippen LogP contribution in [-0.2, 0) is 6.61 Å². The molecule has 0 aliphatic rings. The van der Waals surface area contributed by atoms with Crippen molar-refractivity contribution in [3.05, 3.63) is 82.6 Å². The first-order valence-electron chi connectivity index (χ1n) is 8.96. The molecule has 2 N–H and O–H groups in total. The van der Waals surface area contributed by atoms with E-state index in [1.54, 1.807) is 37.4 Å². The number of hydrogen-bond acceptors (Lipinski definition) is 3. The van der Waals surface area contributed by atoms with Crippen LogP contribution in [0.15, 0.2) is 65.1 Å². The molecule has 0 aliphatic heterocycles. The van der Waals surface area contributed by atoms with Gasteiger partial charge in [-0.05, 0) is 59.7 Å². The third-order valence-corrected chi connectivity index (χ3v) is 5.10. The van der Waals surface area contributed by atoms with Crippen molar-refractivity contribution in [3.63, 3.8) is 0 Å². The molecule has 0 bridgehead atoms. The van der Waals surface area contributed by atoms with Crippen molar-refractivity contribution < 1.29 is 18.7 Å². The number of carbonyl (C=O) groups is 1. The molecule has 1 aromatic heterocycles. The predicted molar refractivity (Wildman–Crippen MR) is 111 cm³/mol. The van der Waals surface area contributed by atoms with Crippen LogP contribution < -0.4 is 5.32 Å². The lowest BCUT2D eigenvalue weighted by atomic mass is 9.99. The van der Waals surface area contributed by atoms with Crippen molar-refractivity contribution in [2.75, 3.05) is 7.05 Å². The molecule has 6 heteroatoms. The molecule has 4 nitrogen and oxygen atoms in total. The van der Waals surface area contributed by atoms with Crippen molar-refractivity contribution >= 4 is 28.5 Å². The highest BCUT2D eigenvalue weighted by atomic mass is 35.5. The number of aliphatic hydroxyl groups excluding tert-OH is 1. The fourth-order valence-corrected chi connectivity index (χ4v) is 3.54. The molecular formula is C23H17ClFNO3. The zero-order chi connectivity index (χ0) is 20.5. The second-order valence-corrected chi connectivity index (χ2v) is 6.98. The molecule has 1 heterocycles. The van der Waals surface area contributed by atoms with E-state index >= 15 is 0 Å². The maximum atomic E-state index is 13.3. The van der Waals surface area contributed by atoms with Gasteiger partial charge < -0.3 is 14.8 Å². The number of benzene rings is 3. The molecule has 146 valence electrons. The molecule has 0 radical (unpaired) electrons. The van der Waals surface area contributed by atoms with E-state index in [4.69, 9.17) is 16.0 Å². The molecule has 0 aliphatic carbocycles. The van der Waals surface area contributed by atoms with E-state index in [1.165, 1.54) is 12.1 Å². The molecule has 0 saturated carbocycles. The van der Waals surface area contributed by atoms with Crippen LogP contribution >= 0.6 is 11.6 Å². The Bertz CT molecular complexity index is 1220. The summed E-state index contributed by atoms with van der Waals surface area (Å²) in [6, 6.07) is 16.5. The quantitative estimate of drug-likeness (QED) is 0.473. The molecule has 3 aromatic carbocycles. The molecule has 4 aromatic rings. The second kappa shape index (κ2) is 7.70. The summed E-state index contributed by atoms with van der Waals surface area (Å²) in [6.07, 6.45) is 0. The number of fused-ring (bicyclic) bond motifs is 1. The van der Waals surface area contributed by atoms with Gasteiger partial charge in [-0.2, -0.15) is 0 Å². The SMILES string of the molecule is CNC(=O)c1c(-c2ccc(F)cc2)oc2ccc(-c3cc(CO)ccc3Cl)cc12. The van der Waals surface area contributed by atoms with E-state index in [2.05, 4.69) is 5.32 Å². The number of aliphatic hydroxyl groups is 1. The molecule has 4 rings (SSSR count). The average molecular weight is 410 g/mol. The summed E-state index contributed by atoms with van der Waals surface area (Å²) in [7, 11) is 1.54. The Labute approximate surface area is 171 Å². The lowest BCUT2D eigenvalue weighted by molar-refractivity contribution is 0.0964. The lowest BCUT2D eigenvalue weighted by Crippen LogP contribution is -2.18. The van der Waals surface area contributed by atoms with Crippen molar-refractivity contribution in [1.82, 2.24) is 5.32 Å². The molecule has 29 heavy (non-hydrogen) atoms. The predicted octanol–water partition coefficient (Wildman–Crippen LogP) is 5.41. The topological polar surface area (TPSA) is 62.5 Å². The second-order valence-electron chi connectivity index (χ2n) is 6.58. The number of carbonyl (C=O) groups excluding carboxylic acids is 1. The summed E-state index contributed by atoms with van der Waals surface area (Å²) < 4.78 is 19.3. The van der Waals surface area contributed by atoms with Gasteiger partial charge in [0, 0.05) is 28.6 Å². The fourth-order valence-electron chi connectivity index (χ4n) is 3.31. The smallest absolute Gasteiger partial charge is 0.255 e. The highest BCUT2D eigenvalue weighted by molar-refractivity contribution is 6.33. The monoisotopic (exact) mass is 409 g/mol.